The molecule has 0 saturated carbocycles. The van der Waals surface area contributed by atoms with Crippen LogP contribution >= 0.6 is 11.3 Å². The SMILES string of the molecule is CC1CCCCN1S(=O)(=O)c1ccc(C(=O)Nc2nnc(C(F)F)s2)cc1. The van der Waals surface area contributed by atoms with Gasteiger partial charge in [0.25, 0.3) is 12.3 Å². The number of sulfonamides is 1. The largest absolute Gasteiger partial charge is 0.296 e. The first kappa shape index (κ1) is 19.8. The van der Waals surface area contributed by atoms with Crippen molar-refractivity contribution in [3.8, 4) is 0 Å². The molecule has 2 heterocycles. The monoisotopic (exact) mass is 416 g/mol. The Morgan fingerprint density at radius 1 is 1.26 bits per heavy atom. The van der Waals surface area contributed by atoms with E-state index < -0.39 is 27.4 Å². The number of hydrogen-bond acceptors (Lipinski definition) is 6. The fraction of sp³-hybridized carbons (Fsp3) is 0.438. The highest BCUT2D eigenvalue weighted by molar-refractivity contribution is 7.89. The zero-order valence-electron chi connectivity index (χ0n) is 14.4. The van der Waals surface area contributed by atoms with Crippen molar-refractivity contribution < 1.29 is 22.0 Å². The average molecular weight is 416 g/mol. The van der Waals surface area contributed by atoms with Gasteiger partial charge < -0.3 is 0 Å². The minimum atomic E-state index is -3.62. The zero-order chi connectivity index (χ0) is 19.6. The van der Waals surface area contributed by atoms with Crippen molar-refractivity contribution in [3.05, 3.63) is 34.8 Å². The Hall–Kier alpha value is -1.98. The van der Waals surface area contributed by atoms with Crippen LogP contribution in [0.25, 0.3) is 0 Å². The van der Waals surface area contributed by atoms with Crippen molar-refractivity contribution in [3.63, 3.8) is 0 Å². The summed E-state index contributed by atoms with van der Waals surface area (Å²) >= 11 is 0.584. The van der Waals surface area contributed by atoms with Crippen LogP contribution in [0, 0.1) is 0 Å². The van der Waals surface area contributed by atoms with E-state index >= 15 is 0 Å². The number of carbonyl (C=O) groups excluding carboxylic acids is 1. The van der Waals surface area contributed by atoms with Crippen molar-refractivity contribution in [2.45, 2.75) is 43.5 Å². The third kappa shape index (κ3) is 4.30. The second kappa shape index (κ2) is 7.95. The van der Waals surface area contributed by atoms with Crippen LogP contribution < -0.4 is 5.32 Å². The van der Waals surface area contributed by atoms with Crippen LogP contribution in [-0.2, 0) is 10.0 Å². The Kier molecular flexibility index (Phi) is 5.82. The van der Waals surface area contributed by atoms with Crippen LogP contribution in [0.4, 0.5) is 13.9 Å². The molecule has 1 aliphatic rings. The van der Waals surface area contributed by atoms with Gasteiger partial charge in [0.05, 0.1) is 4.90 Å². The Balaban J connectivity index is 1.73. The standard InChI is InChI=1S/C16H18F2N4O3S2/c1-10-4-2-3-9-22(10)27(24,25)12-7-5-11(6-8-12)14(23)19-16-21-20-15(26-16)13(17)18/h5-8,10,13H,2-4,9H2,1H3,(H,19,21,23). The highest BCUT2D eigenvalue weighted by atomic mass is 32.2. The molecule has 27 heavy (non-hydrogen) atoms. The fourth-order valence-corrected chi connectivity index (χ4v) is 5.18. The number of rotatable bonds is 5. The van der Waals surface area contributed by atoms with Gasteiger partial charge in [0.15, 0.2) is 5.01 Å². The fourth-order valence-electron chi connectivity index (χ4n) is 2.89. The number of anilines is 1. The second-order valence-electron chi connectivity index (χ2n) is 6.19. The van der Waals surface area contributed by atoms with E-state index in [9.17, 15) is 22.0 Å². The summed E-state index contributed by atoms with van der Waals surface area (Å²) in [6.07, 6.45) is -0.102. The van der Waals surface area contributed by atoms with E-state index in [1.54, 1.807) is 0 Å². The highest BCUT2D eigenvalue weighted by Gasteiger charge is 2.31. The summed E-state index contributed by atoms with van der Waals surface area (Å²) in [5.41, 5.74) is 0.189. The molecule has 1 N–H and O–H groups in total. The number of amides is 1. The molecule has 0 aliphatic carbocycles. The first-order valence-electron chi connectivity index (χ1n) is 8.34. The Bertz CT molecular complexity index is 916. The minimum absolute atomic E-state index is 0.0471. The number of nitrogens with zero attached hydrogens (tertiary/aromatic N) is 3. The van der Waals surface area contributed by atoms with Crippen LogP contribution in [0.2, 0.25) is 0 Å². The number of carbonyl (C=O) groups is 1. The normalized spacial score (nSPS) is 18.6. The highest BCUT2D eigenvalue weighted by Crippen LogP contribution is 2.27. The van der Waals surface area contributed by atoms with Crippen LogP contribution in [-0.4, -0.2) is 41.4 Å². The van der Waals surface area contributed by atoms with Gasteiger partial charge in [0.1, 0.15) is 0 Å². The van der Waals surface area contributed by atoms with Gasteiger partial charge in [0.2, 0.25) is 15.2 Å². The van der Waals surface area contributed by atoms with Crippen molar-refractivity contribution >= 4 is 32.4 Å². The third-order valence-electron chi connectivity index (χ3n) is 4.31. The molecular formula is C16H18F2N4O3S2. The second-order valence-corrected chi connectivity index (χ2v) is 9.08. The topological polar surface area (TPSA) is 92.3 Å². The summed E-state index contributed by atoms with van der Waals surface area (Å²) in [5.74, 6) is -0.581. The van der Waals surface area contributed by atoms with Crippen molar-refractivity contribution in [1.29, 1.82) is 0 Å². The van der Waals surface area contributed by atoms with Crippen LogP contribution in [0.5, 0.6) is 0 Å². The molecular weight excluding hydrogens is 398 g/mol. The van der Waals surface area contributed by atoms with E-state index in [4.69, 9.17) is 0 Å². The summed E-state index contributed by atoms with van der Waals surface area (Å²) in [7, 11) is -3.62. The molecule has 1 aromatic heterocycles. The number of hydrogen-bond donors (Lipinski definition) is 1. The molecule has 0 spiro atoms. The van der Waals surface area contributed by atoms with E-state index in [1.807, 2.05) is 6.92 Å². The zero-order valence-corrected chi connectivity index (χ0v) is 16.1. The van der Waals surface area contributed by atoms with Gasteiger partial charge in [-0.1, -0.05) is 17.8 Å². The summed E-state index contributed by atoms with van der Waals surface area (Å²) < 4.78 is 52.1. The number of halogens is 2. The molecule has 3 rings (SSSR count). The molecule has 1 aromatic carbocycles. The van der Waals surface area contributed by atoms with Crippen molar-refractivity contribution in [2.24, 2.45) is 0 Å². The first-order valence-corrected chi connectivity index (χ1v) is 10.6. The van der Waals surface area contributed by atoms with Gasteiger partial charge in [-0.15, -0.1) is 10.2 Å². The van der Waals surface area contributed by atoms with Crippen molar-refractivity contribution in [1.82, 2.24) is 14.5 Å². The molecule has 0 radical (unpaired) electrons. The minimum Gasteiger partial charge on any atom is -0.296 e. The summed E-state index contributed by atoms with van der Waals surface area (Å²) in [6.45, 7) is 2.36. The van der Waals surface area contributed by atoms with Crippen LogP contribution in [0.1, 0.15) is 48.0 Å². The van der Waals surface area contributed by atoms with E-state index in [-0.39, 0.29) is 21.6 Å². The van der Waals surface area contributed by atoms with E-state index in [0.29, 0.717) is 17.9 Å². The summed E-state index contributed by atoms with van der Waals surface area (Å²) in [5, 5.41) is 8.61. The molecule has 1 fully saturated rings. The van der Waals surface area contributed by atoms with Crippen LogP contribution in [0.15, 0.2) is 29.2 Å². The average Bonchev–Trinajstić information content (AvgIpc) is 3.11. The number of aromatic nitrogens is 2. The van der Waals surface area contributed by atoms with Gasteiger partial charge in [-0.2, -0.15) is 4.31 Å². The van der Waals surface area contributed by atoms with E-state index in [0.717, 1.165) is 19.3 Å². The maximum atomic E-state index is 12.8. The number of piperidine rings is 1. The molecule has 1 atom stereocenters. The van der Waals surface area contributed by atoms with Crippen molar-refractivity contribution in [2.75, 3.05) is 11.9 Å². The maximum Gasteiger partial charge on any atom is 0.291 e. The maximum absolute atomic E-state index is 12.8. The van der Waals surface area contributed by atoms with Gasteiger partial charge in [-0.05, 0) is 44.0 Å². The number of benzene rings is 1. The molecule has 7 nitrogen and oxygen atoms in total. The molecule has 1 unspecified atom stereocenters. The lowest BCUT2D eigenvalue weighted by Crippen LogP contribution is -2.41. The number of nitrogens with one attached hydrogen (secondary N) is 1. The molecule has 0 bridgehead atoms. The lowest BCUT2D eigenvalue weighted by Gasteiger charge is -2.32. The van der Waals surface area contributed by atoms with Gasteiger partial charge >= 0.3 is 0 Å². The summed E-state index contributed by atoms with van der Waals surface area (Å²) in [4.78, 5) is 12.3. The van der Waals surface area contributed by atoms with Gasteiger partial charge in [-0.3, -0.25) is 10.1 Å². The predicted octanol–water partition coefficient (Wildman–Crippen LogP) is 3.29. The summed E-state index contributed by atoms with van der Waals surface area (Å²) in [6, 6.07) is 5.44. The van der Waals surface area contributed by atoms with Gasteiger partial charge in [0, 0.05) is 18.2 Å². The molecule has 2 aromatic rings. The molecule has 1 saturated heterocycles. The third-order valence-corrected chi connectivity index (χ3v) is 7.19. The smallest absolute Gasteiger partial charge is 0.291 e. The Morgan fingerprint density at radius 3 is 2.56 bits per heavy atom. The quantitative estimate of drug-likeness (QED) is 0.807. The lowest BCUT2D eigenvalue weighted by molar-refractivity contribution is 0.102. The lowest BCUT2D eigenvalue weighted by atomic mass is 10.1. The first-order chi connectivity index (χ1) is 12.8. The Labute approximate surface area is 159 Å². The number of alkyl halides is 2. The van der Waals surface area contributed by atoms with E-state index in [2.05, 4.69) is 15.5 Å². The predicted molar refractivity (Wildman–Crippen MR) is 96.5 cm³/mol. The molecule has 1 amide bonds. The molecule has 146 valence electrons. The van der Waals surface area contributed by atoms with E-state index in [1.165, 1.54) is 28.6 Å². The molecule has 11 heteroatoms. The Morgan fingerprint density at radius 2 is 1.96 bits per heavy atom. The molecule has 1 aliphatic heterocycles. The van der Waals surface area contributed by atoms with Gasteiger partial charge in [-0.25, -0.2) is 17.2 Å². The van der Waals surface area contributed by atoms with Crippen LogP contribution in [0.3, 0.4) is 0 Å².